The van der Waals surface area contributed by atoms with Crippen molar-refractivity contribution < 1.29 is 0 Å². The van der Waals surface area contributed by atoms with Crippen LogP contribution in [0.5, 0.6) is 0 Å². The average Bonchev–Trinajstić information content (AvgIpc) is 2.95. The van der Waals surface area contributed by atoms with Crippen molar-refractivity contribution in [3.8, 4) is 0 Å². The molecule has 0 bridgehead atoms. The highest BCUT2D eigenvalue weighted by Gasteiger charge is 2.20. The van der Waals surface area contributed by atoms with Gasteiger partial charge in [-0.05, 0) is 36.1 Å². The summed E-state index contributed by atoms with van der Waals surface area (Å²) in [5, 5.41) is 0. The molecule has 0 aliphatic heterocycles. The van der Waals surface area contributed by atoms with E-state index in [2.05, 4.69) is 68.5 Å². The molecular formula is C17H16. The largest absolute Gasteiger partial charge is 0.0720 e. The van der Waals surface area contributed by atoms with E-state index in [0.29, 0.717) is 5.92 Å². The van der Waals surface area contributed by atoms with Crippen LogP contribution in [0.25, 0.3) is 6.08 Å². The standard InChI is InChI=1S/C17H16/c1-12(2)14-7-8-15(11-14)17-10-9-13-5-3-4-6-16(13)17/h3-11,17H,1-2H3. The van der Waals surface area contributed by atoms with Crippen molar-refractivity contribution in [2.45, 2.75) is 19.8 Å². The topological polar surface area (TPSA) is 0 Å². The molecule has 2 aliphatic carbocycles. The SMILES string of the molecule is CC(C)=C1C=CC(C2C=Cc3ccccc32)=C1. The second-order valence-electron chi connectivity index (χ2n) is 4.90. The third-order valence-electron chi connectivity index (χ3n) is 3.51. The van der Waals surface area contributed by atoms with E-state index in [0.717, 1.165) is 0 Å². The Bertz CT molecular complexity index is 576. The van der Waals surface area contributed by atoms with E-state index in [1.54, 1.807) is 0 Å². The van der Waals surface area contributed by atoms with Gasteiger partial charge in [-0.25, -0.2) is 0 Å². The van der Waals surface area contributed by atoms with E-state index in [-0.39, 0.29) is 0 Å². The van der Waals surface area contributed by atoms with Crippen LogP contribution in [0.4, 0.5) is 0 Å². The molecule has 0 nitrogen and oxygen atoms in total. The van der Waals surface area contributed by atoms with Crippen molar-refractivity contribution in [3.63, 3.8) is 0 Å². The Morgan fingerprint density at radius 1 is 1.00 bits per heavy atom. The summed E-state index contributed by atoms with van der Waals surface area (Å²) in [6.45, 7) is 4.33. The Balaban J connectivity index is 2.00. The van der Waals surface area contributed by atoms with Crippen molar-refractivity contribution >= 4 is 6.08 Å². The number of rotatable bonds is 1. The first-order valence-electron chi connectivity index (χ1n) is 6.10. The Kier molecular flexibility index (Phi) is 2.36. The van der Waals surface area contributed by atoms with E-state index in [9.17, 15) is 0 Å². The van der Waals surface area contributed by atoms with Crippen LogP contribution in [0.2, 0.25) is 0 Å². The molecule has 0 heterocycles. The van der Waals surface area contributed by atoms with Gasteiger partial charge in [0.1, 0.15) is 0 Å². The first kappa shape index (κ1) is 10.3. The molecule has 1 aromatic rings. The van der Waals surface area contributed by atoms with Crippen molar-refractivity contribution in [3.05, 3.63) is 76.4 Å². The predicted octanol–water partition coefficient (Wildman–Crippen LogP) is 4.63. The maximum atomic E-state index is 2.31. The monoisotopic (exact) mass is 220 g/mol. The fraction of sp³-hybridized carbons (Fsp3) is 0.176. The molecule has 0 radical (unpaired) electrons. The minimum atomic E-state index is 0.444. The summed E-state index contributed by atoms with van der Waals surface area (Å²) in [6, 6.07) is 8.65. The zero-order valence-electron chi connectivity index (χ0n) is 10.3. The van der Waals surface area contributed by atoms with Gasteiger partial charge in [0, 0.05) is 5.92 Å². The Hall–Kier alpha value is -1.82. The van der Waals surface area contributed by atoms with Crippen molar-refractivity contribution in [1.82, 2.24) is 0 Å². The van der Waals surface area contributed by atoms with Crippen LogP contribution in [-0.4, -0.2) is 0 Å². The Morgan fingerprint density at radius 3 is 2.59 bits per heavy atom. The molecule has 17 heavy (non-hydrogen) atoms. The molecule has 0 fully saturated rings. The van der Waals surface area contributed by atoms with Gasteiger partial charge in [0.15, 0.2) is 0 Å². The quantitative estimate of drug-likeness (QED) is 0.647. The maximum absolute atomic E-state index is 2.31. The number of benzene rings is 1. The smallest absolute Gasteiger partial charge is 0.0278 e. The average molecular weight is 220 g/mol. The number of hydrogen-bond donors (Lipinski definition) is 0. The van der Waals surface area contributed by atoms with E-state index in [1.165, 1.54) is 27.8 Å². The predicted molar refractivity (Wildman–Crippen MR) is 73.8 cm³/mol. The van der Waals surface area contributed by atoms with Gasteiger partial charge in [-0.2, -0.15) is 0 Å². The van der Waals surface area contributed by atoms with Gasteiger partial charge >= 0.3 is 0 Å². The van der Waals surface area contributed by atoms with E-state index >= 15 is 0 Å². The van der Waals surface area contributed by atoms with Gasteiger partial charge in [-0.15, -0.1) is 0 Å². The summed E-state index contributed by atoms with van der Waals surface area (Å²) >= 11 is 0. The first-order chi connectivity index (χ1) is 8.25. The summed E-state index contributed by atoms with van der Waals surface area (Å²) in [7, 11) is 0. The Morgan fingerprint density at radius 2 is 1.82 bits per heavy atom. The summed E-state index contributed by atoms with van der Waals surface area (Å²) in [5.41, 5.74) is 6.93. The molecule has 1 atom stereocenters. The molecular weight excluding hydrogens is 204 g/mol. The Labute approximate surface area is 103 Å². The van der Waals surface area contributed by atoms with Gasteiger partial charge in [0.25, 0.3) is 0 Å². The van der Waals surface area contributed by atoms with Gasteiger partial charge in [0.05, 0.1) is 0 Å². The van der Waals surface area contributed by atoms with Crippen molar-refractivity contribution in [1.29, 1.82) is 0 Å². The molecule has 84 valence electrons. The molecule has 1 unspecified atom stereocenters. The van der Waals surface area contributed by atoms with Crippen LogP contribution in [0.3, 0.4) is 0 Å². The molecule has 0 N–H and O–H groups in total. The van der Waals surface area contributed by atoms with Crippen LogP contribution < -0.4 is 0 Å². The molecule has 1 aromatic carbocycles. The van der Waals surface area contributed by atoms with Crippen LogP contribution in [0, 0.1) is 0 Å². The third kappa shape index (κ3) is 1.70. The highest BCUT2D eigenvalue weighted by atomic mass is 14.2. The lowest BCUT2D eigenvalue weighted by Gasteiger charge is -2.10. The normalized spacial score (nSPS) is 20.7. The molecule has 0 saturated heterocycles. The second-order valence-corrected chi connectivity index (χ2v) is 4.90. The highest BCUT2D eigenvalue weighted by molar-refractivity contribution is 5.67. The summed E-state index contributed by atoms with van der Waals surface area (Å²) in [5.74, 6) is 0.444. The lowest BCUT2D eigenvalue weighted by Crippen LogP contribution is -1.94. The van der Waals surface area contributed by atoms with E-state index in [4.69, 9.17) is 0 Å². The lowest BCUT2D eigenvalue weighted by molar-refractivity contribution is 1.06. The minimum absolute atomic E-state index is 0.444. The molecule has 0 spiro atoms. The molecule has 2 aliphatic rings. The van der Waals surface area contributed by atoms with Gasteiger partial charge in [-0.3, -0.25) is 0 Å². The molecule has 3 rings (SSSR count). The number of hydrogen-bond acceptors (Lipinski definition) is 0. The van der Waals surface area contributed by atoms with Crippen LogP contribution in [0.1, 0.15) is 30.9 Å². The molecule has 0 saturated carbocycles. The van der Waals surface area contributed by atoms with Crippen LogP contribution >= 0.6 is 0 Å². The fourth-order valence-electron chi connectivity index (χ4n) is 2.51. The summed E-state index contributed by atoms with van der Waals surface area (Å²) in [6.07, 6.45) is 11.3. The zero-order chi connectivity index (χ0) is 11.8. The molecule has 0 amide bonds. The van der Waals surface area contributed by atoms with Gasteiger partial charge in [0.2, 0.25) is 0 Å². The number of allylic oxidation sites excluding steroid dienone is 7. The lowest BCUT2D eigenvalue weighted by atomic mass is 9.93. The summed E-state index contributed by atoms with van der Waals surface area (Å²) in [4.78, 5) is 0. The van der Waals surface area contributed by atoms with E-state index in [1.807, 2.05) is 0 Å². The van der Waals surface area contributed by atoms with Gasteiger partial charge < -0.3 is 0 Å². The molecule has 0 heteroatoms. The summed E-state index contributed by atoms with van der Waals surface area (Å²) < 4.78 is 0. The van der Waals surface area contributed by atoms with Crippen LogP contribution in [0.15, 0.2) is 65.3 Å². The zero-order valence-corrected chi connectivity index (χ0v) is 10.3. The second kappa shape index (κ2) is 3.89. The third-order valence-corrected chi connectivity index (χ3v) is 3.51. The maximum Gasteiger partial charge on any atom is 0.0278 e. The van der Waals surface area contributed by atoms with E-state index < -0.39 is 0 Å². The van der Waals surface area contributed by atoms with Crippen molar-refractivity contribution in [2.24, 2.45) is 0 Å². The molecule has 0 aromatic heterocycles. The first-order valence-corrected chi connectivity index (χ1v) is 6.10. The fourth-order valence-corrected chi connectivity index (χ4v) is 2.51. The van der Waals surface area contributed by atoms with Crippen molar-refractivity contribution in [2.75, 3.05) is 0 Å². The van der Waals surface area contributed by atoms with Crippen LogP contribution in [-0.2, 0) is 0 Å². The number of fused-ring (bicyclic) bond motifs is 1. The minimum Gasteiger partial charge on any atom is -0.0720 e. The van der Waals surface area contributed by atoms with Gasteiger partial charge in [-0.1, -0.05) is 60.2 Å². The highest BCUT2D eigenvalue weighted by Crippen LogP contribution is 2.38.